The number of nitrogens with one attached hydrogen (secondary N) is 2. The summed E-state index contributed by atoms with van der Waals surface area (Å²) in [5.41, 5.74) is 0.431. The van der Waals surface area contributed by atoms with Crippen molar-refractivity contribution in [2.75, 3.05) is 18.5 Å². The topological polar surface area (TPSA) is 93.2 Å². The Kier molecular flexibility index (Phi) is 8.17. The van der Waals surface area contributed by atoms with Crippen LogP contribution in [-0.2, 0) is 11.2 Å². The molecule has 0 aliphatic carbocycles. The second-order valence-corrected chi connectivity index (χ2v) is 7.77. The van der Waals surface area contributed by atoms with Gasteiger partial charge >= 0.3 is 0 Å². The minimum Gasteiger partial charge on any atom is -0.494 e. The van der Waals surface area contributed by atoms with Gasteiger partial charge < -0.3 is 15.4 Å². The SMILES string of the molecule is O=C(CCCOc1ccccc1)Nc1nnc(CCNC(=O)c2ccccc2Cl)s1. The molecule has 0 bridgehead atoms. The zero-order valence-corrected chi connectivity index (χ0v) is 17.7. The summed E-state index contributed by atoms with van der Waals surface area (Å²) in [6.45, 7) is 0.855. The number of carbonyl (C=O) groups excluding carboxylic acids is 2. The zero-order chi connectivity index (χ0) is 21.2. The number of rotatable bonds is 10. The van der Waals surface area contributed by atoms with E-state index < -0.39 is 0 Å². The van der Waals surface area contributed by atoms with Gasteiger partial charge in [-0.3, -0.25) is 9.59 Å². The van der Waals surface area contributed by atoms with Gasteiger partial charge in [0.15, 0.2) is 0 Å². The normalized spacial score (nSPS) is 10.4. The fourth-order valence-electron chi connectivity index (χ4n) is 2.55. The van der Waals surface area contributed by atoms with Crippen molar-refractivity contribution in [2.24, 2.45) is 0 Å². The number of benzene rings is 2. The quantitative estimate of drug-likeness (QED) is 0.461. The highest BCUT2D eigenvalue weighted by Gasteiger charge is 2.11. The first kappa shape index (κ1) is 21.7. The van der Waals surface area contributed by atoms with Gasteiger partial charge in [-0.05, 0) is 30.7 Å². The molecule has 0 saturated heterocycles. The third kappa shape index (κ3) is 6.82. The second kappa shape index (κ2) is 11.3. The number of ether oxygens (including phenoxy) is 1. The van der Waals surface area contributed by atoms with Crippen molar-refractivity contribution >= 4 is 39.9 Å². The molecule has 0 aliphatic rings. The highest BCUT2D eigenvalue weighted by Crippen LogP contribution is 2.17. The van der Waals surface area contributed by atoms with Crippen molar-refractivity contribution in [1.82, 2.24) is 15.5 Å². The summed E-state index contributed by atoms with van der Waals surface area (Å²) in [7, 11) is 0. The number of nitrogens with zero attached hydrogens (tertiary/aromatic N) is 2. The van der Waals surface area contributed by atoms with Gasteiger partial charge in [0.25, 0.3) is 5.91 Å². The van der Waals surface area contributed by atoms with Gasteiger partial charge in [-0.25, -0.2) is 0 Å². The molecule has 1 heterocycles. The number of carbonyl (C=O) groups is 2. The third-order valence-electron chi connectivity index (χ3n) is 4.02. The Hall–Kier alpha value is -2.97. The molecule has 3 rings (SSSR count). The van der Waals surface area contributed by atoms with Crippen molar-refractivity contribution < 1.29 is 14.3 Å². The molecule has 2 aromatic carbocycles. The molecule has 0 aliphatic heterocycles. The lowest BCUT2D eigenvalue weighted by atomic mass is 10.2. The first-order valence-corrected chi connectivity index (χ1v) is 10.6. The predicted molar refractivity (Wildman–Crippen MR) is 117 cm³/mol. The molecule has 1 aromatic heterocycles. The number of aromatic nitrogens is 2. The zero-order valence-electron chi connectivity index (χ0n) is 16.1. The Morgan fingerprint density at radius 3 is 2.60 bits per heavy atom. The van der Waals surface area contributed by atoms with E-state index in [0.717, 1.165) is 10.8 Å². The largest absolute Gasteiger partial charge is 0.494 e. The Bertz CT molecular complexity index is 981. The third-order valence-corrected chi connectivity index (χ3v) is 5.24. The van der Waals surface area contributed by atoms with Gasteiger partial charge in [0.2, 0.25) is 11.0 Å². The fourth-order valence-corrected chi connectivity index (χ4v) is 3.53. The van der Waals surface area contributed by atoms with Crippen LogP contribution in [0.3, 0.4) is 0 Å². The highest BCUT2D eigenvalue weighted by atomic mass is 35.5. The molecule has 0 spiro atoms. The summed E-state index contributed by atoms with van der Waals surface area (Å²) >= 11 is 7.30. The summed E-state index contributed by atoms with van der Waals surface area (Å²) in [4.78, 5) is 24.2. The number of halogens is 1. The van der Waals surface area contributed by atoms with Crippen molar-refractivity contribution in [2.45, 2.75) is 19.3 Å². The summed E-state index contributed by atoms with van der Waals surface area (Å²) in [5, 5.41) is 15.1. The van der Waals surface area contributed by atoms with Gasteiger partial charge in [-0.2, -0.15) is 0 Å². The molecule has 0 unspecified atom stereocenters. The Morgan fingerprint density at radius 2 is 1.80 bits per heavy atom. The van der Waals surface area contributed by atoms with Crippen LogP contribution in [-0.4, -0.2) is 35.2 Å². The van der Waals surface area contributed by atoms with Gasteiger partial charge in [-0.15, -0.1) is 10.2 Å². The summed E-state index contributed by atoms with van der Waals surface area (Å²) in [6, 6.07) is 16.3. The monoisotopic (exact) mass is 444 g/mol. The molecule has 156 valence electrons. The van der Waals surface area contributed by atoms with Gasteiger partial charge in [0.05, 0.1) is 17.2 Å². The average molecular weight is 445 g/mol. The number of anilines is 1. The molecule has 2 amide bonds. The molecule has 0 radical (unpaired) electrons. The van der Waals surface area contributed by atoms with E-state index in [9.17, 15) is 9.59 Å². The molecule has 9 heteroatoms. The van der Waals surface area contributed by atoms with E-state index in [1.54, 1.807) is 24.3 Å². The maximum Gasteiger partial charge on any atom is 0.252 e. The molecule has 7 nitrogen and oxygen atoms in total. The second-order valence-electron chi connectivity index (χ2n) is 6.30. The van der Waals surface area contributed by atoms with Crippen molar-refractivity contribution in [3.05, 3.63) is 70.2 Å². The highest BCUT2D eigenvalue weighted by molar-refractivity contribution is 7.15. The van der Waals surface area contributed by atoms with Gasteiger partial charge in [0, 0.05) is 19.4 Å². The van der Waals surface area contributed by atoms with E-state index in [1.807, 2.05) is 30.3 Å². The lowest BCUT2D eigenvalue weighted by Crippen LogP contribution is -2.25. The summed E-state index contributed by atoms with van der Waals surface area (Å²) < 4.78 is 5.57. The van der Waals surface area contributed by atoms with E-state index >= 15 is 0 Å². The first-order chi connectivity index (χ1) is 14.6. The van der Waals surface area contributed by atoms with Crippen LogP contribution in [0, 0.1) is 0 Å². The molecular formula is C21H21ClN4O3S. The van der Waals surface area contributed by atoms with E-state index in [2.05, 4.69) is 20.8 Å². The van der Waals surface area contributed by atoms with Crippen LogP contribution < -0.4 is 15.4 Å². The standard InChI is InChI=1S/C21H21ClN4O3S/c22-17-10-5-4-9-16(17)20(28)23-13-12-19-25-26-21(30-19)24-18(27)11-6-14-29-15-7-2-1-3-8-15/h1-5,7-10H,6,11-14H2,(H,23,28)(H,24,26,27). The number of amides is 2. The van der Waals surface area contributed by atoms with Crippen LogP contribution >= 0.6 is 22.9 Å². The van der Waals surface area contributed by atoms with Crippen molar-refractivity contribution in [3.63, 3.8) is 0 Å². The molecule has 2 N–H and O–H groups in total. The fraction of sp³-hybridized carbons (Fsp3) is 0.238. The number of hydrogen-bond donors (Lipinski definition) is 2. The lowest BCUT2D eigenvalue weighted by Gasteiger charge is -2.05. The maximum absolute atomic E-state index is 12.1. The Morgan fingerprint density at radius 1 is 1.03 bits per heavy atom. The minimum absolute atomic E-state index is 0.138. The Balaban J connectivity index is 1.34. The van der Waals surface area contributed by atoms with E-state index in [1.165, 1.54) is 11.3 Å². The lowest BCUT2D eigenvalue weighted by molar-refractivity contribution is -0.116. The number of para-hydroxylation sites is 1. The van der Waals surface area contributed by atoms with Crippen molar-refractivity contribution in [1.29, 1.82) is 0 Å². The van der Waals surface area contributed by atoms with Crippen LogP contribution in [0.25, 0.3) is 0 Å². The smallest absolute Gasteiger partial charge is 0.252 e. The number of hydrogen-bond acceptors (Lipinski definition) is 6. The van der Waals surface area contributed by atoms with Crippen LogP contribution in [0.5, 0.6) is 5.75 Å². The van der Waals surface area contributed by atoms with Gasteiger partial charge in [-0.1, -0.05) is 53.3 Å². The molecule has 3 aromatic rings. The van der Waals surface area contributed by atoms with Crippen LogP contribution in [0.15, 0.2) is 54.6 Å². The summed E-state index contributed by atoms with van der Waals surface area (Å²) in [6.07, 6.45) is 1.44. The van der Waals surface area contributed by atoms with E-state index in [0.29, 0.717) is 48.1 Å². The van der Waals surface area contributed by atoms with E-state index in [4.69, 9.17) is 16.3 Å². The predicted octanol–water partition coefficient (Wildman–Crippen LogP) is 3.96. The Labute approximate surface area is 183 Å². The van der Waals surface area contributed by atoms with E-state index in [-0.39, 0.29) is 11.8 Å². The molecule has 0 fully saturated rings. The van der Waals surface area contributed by atoms with Gasteiger partial charge in [0.1, 0.15) is 10.8 Å². The van der Waals surface area contributed by atoms with Crippen LogP contribution in [0.2, 0.25) is 5.02 Å². The minimum atomic E-state index is -0.239. The average Bonchev–Trinajstić information content (AvgIpc) is 3.19. The van der Waals surface area contributed by atoms with Crippen molar-refractivity contribution in [3.8, 4) is 5.75 Å². The molecule has 0 atom stereocenters. The van der Waals surface area contributed by atoms with Crippen LogP contribution in [0.1, 0.15) is 28.2 Å². The van der Waals surface area contributed by atoms with Crippen LogP contribution in [0.4, 0.5) is 5.13 Å². The summed E-state index contributed by atoms with van der Waals surface area (Å²) in [5.74, 6) is 0.408. The maximum atomic E-state index is 12.1. The molecule has 0 saturated carbocycles. The molecule has 30 heavy (non-hydrogen) atoms. The molecular weight excluding hydrogens is 424 g/mol. The first-order valence-electron chi connectivity index (χ1n) is 9.44.